The Hall–Kier alpha value is -2.43. The second-order valence-corrected chi connectivity index (χ2v) is 8.69. The van der Waals surface area contributed by atoms with E-state index in [0.29, 0.717) is 23.1 Å². The van der Waals surface area contributed by atoms with Crippen molar-refractivity contribution in [2.75, 3.05) is 18.5 Å². The second-order valence-electron chi connectivity index (χ2n) is 5.73. The lowest BCUT2D eigenvalue weighted by atomic mass is 10.2. The Balaban J connectivity index is 2.11. The average molecular weight is 461 g/mol. The van der Waals surface area contributed by atoms with E-state index in [1.807, 2.05) is 0 Å². The first-order chi connectivity index (χ1) is 13.8. The van der Waals surface area contributed by atoms with Gasteiger partial charge in [-0.1, -0.05) is 11.6 Å². The molecule has 0 unspecified atom stereocenters. The standard InChI is InChI=1S/C18H15ClF2N2O4S2/c1-26-12-4-3-11(16(5-12)27-2)8-23(18-9-28-10-22-18)29(24,25)17-6-13(19)14(20)7-15(17)21/h3-7,9-10H,8H2,1-2H3. The van der Waals surface area contributed by atoms with Crippen LogP contribution in [0.2, 0.25) is 5.02 Å². The van der Waals surface area contributed by atoms with E-state index in [9.17, 15) is 17.2 Å². The lowest BCUT2D eigenvalue weighted by Gasteiger charge is -2.24. The zero-order valence-electron chi connectivity index (χ0n) is 15.2. The van der Waals surface area contributed by atoms with Crippen LogP contribution >= 0.6 is 22.9 Å². The first-order valence-corrected chi connectivity index (χ1v) is 10.8. The van der Waals surface area contributed by atoms with Gasteiger partial charge in [0.2, 0.25) is 0 Å². The molecule has 0 aliphatic carbocycles. The molecule has 154 valence electrons. The number of anilines is 1. The smallest absolute Gasteiger partial charge is 0.268 e. The summed E-state index contributed by atoms with van der Waals surface area (Å²) < 4.78 is 65.7. The van der Waals surface area contributed by atoms with E-state index in [1.54, 1.807) is 18.2 Å². The van der Waals surface area contributed by atoms with Crippen molar-refractivity contribution < 1.29 is 26.7 Å². The number of hydrogen-bond donors (Lipinski definition) is 0. The summed E-state index contributed by atoms with van der Waals surface area (Å²) >= 11 is 6.86. The van der Waals surface area contributed by atoms with Crippen molar-refractivity contribution >= 4 is 38.8 Å². The van der Waals surface area contributed by atoms with Gasteiger partial charge in [0.15, 0.2) is 5.82 Å². The highest BCUT2D eigenvalue weighted by Gasteiger charge is 2.31. The molecule has 6 nitrogen and oxygen atoms in total. The van der Waals surface area contributed by atoms with Gasteiger partial charge in [-0.15, -0.1) is 11.3 Å². The van der Waals surface area contributed by atoms with Crippen LogP contribution in [0.15, 0.2) is 46.1 Å². The SMILES string of the molecule is COc1ccc(CN(c2cscn2)S(=O)(=O)c2cc(Cl)c(F)cc2F)c(OC)c1. The molecule has 0 aliphatic heterocycles. The van der Waals surface area contributed by atoms with Crippen LogP contribution in [0, 0.1) is 11.6 Å². The molecule has 0 N–H and O–H groups in total. The molecule has 3 rings (SSSR count). The summed E-state index contributed by atoms with van der Waals surface area (Å²) in [5.74, 6) is -1.34. The normalized spacial score (nSPS) is 11.3. The number of halogens is 3. The molecule has 0 aliphatic rings. The summed E-state index contributed by atoms with van der Waals surface area (Å²) in [7, 11) is -1.55. The molecule has 3 aromatic rings. The van der Waals surface area contributed by atoms with Gasteiger partial charge in [0.05, 0.1) is 31.3 Å². The summed E-state index contributed by atoms with van der Waals surface area (Å²) in [6.07, 6.45) is 0. The average Bonchev–Trinajstić information content (AvgIpc) is 3.22. The zero-order chi connectivity index (χ0) is 21.2. The van der Waals surface area contributed by atoms with Crippen LogP contribution in [0.5, 0.6) is 11.5 Å². The Morgan fingerprint density at radius 3 is 2.52 bits per heavy atom. The summed E-state index contributed by atoms with van der Waals surface area (Å²) in [5, 5.41) is 0.988. The molecule has 11 heteroatoms. The lowest BCUT2D eigenvalue weighted by molar-refractivity contribution is 0.391. The van der Waals surface area contributed by atoms with Gasteiger partial charge in [0, 0.05) is 23.1 Å². The topological polar surface area (TPSA) is 68.7 Å². The van der Waals surface area contributed by atoms with E-state index in [1.165, 1.54) is 36.4 Å². The van der Waals surface area contributed by atoms with Gasteiger partial charge in [0.25, 0.3) is 10.0 Å². The molecular formula is C18H15ClF2N2O4S2. The largest absolute Gasteiger partial charge is 0.497 e. The molecule has 1 aromatic heterocycles. The number of nitrogens with zero attached hydrogens (tertiary/aromatic N) is 2. The first-order valence-electron chi connectivity index (χ1n) is 8.04. The fourth-order valence-electron chi connectivity index (χ4n) is 2.58. The lowest BCUT2D eigenvalue weighted by Crippen LogP contribution is -2.31. The Kier molecular flexibility index (Phi) is 6.25. The molecule has 29 heavy (non-hydrogen) atoms. The van der Waals surface area contributed by atoms with Gasteiger partial charge in [-0.05, 0) is 18.2 Å². The summed E-state index contributed by atoms with van der Waals surface area (Å²) in [6, 6.07) is 6.03. The van der Waals surface area contributed by atoms with Crippen LogP contribution in [-0.2, 0) is 16.6 Å². The van der Waals surface area contributed by atoms with Crippen LogP contribution in [-0.4, -0.2) is 27.6 Å². The molecular weight excluding hydrogens is 446 g/mol. The molecule has 1 heterocycles. The summed E-state index contributed by atoms with van der Waals surface area (Å²) in [4.78, 5) is 3.27. The highest BCUT2D eigenvalue weighted by molar-refractivity contribution is 7.92. The number of benzene rings is 2. The number of ether oxygens (including phenoxy) is 2. The number of hydrogen-bond acceptors (Lipinski definition) is 6. The van der Waals surface area contributed by atoms with Gasteiger partial charge in [-0.2, -0.15) is 0 Å². The minimum absolute atomic E-state index is 0.0766. The van der Waals surface area contributed by atoms with Crippen molar-refractivity contribution in [2.45, 2.75) is 11.4 Å². The van der Waals surface area contributed by atoms with Crippen molar-refractivity contribution in [3.8, 4) is 11.5 Å². The zero-order valence-corrected chi connectivity index (χ0v) is 17.6. The second kappa shape index (κ2) is 8.52. The Morgan fingerprint density at radius 1 is 1.14 bits per heavy atom. The highest BCUT2D eigenvalue weighted by Crippen LogP contribution is 2.33. The molecule has 0 atom stereocenters. The number of thiazole rings is 1. The number of sulfonamides is 1. The maximum atomic E-state index is 14.3. The Labute approximate surface area is 175 Å². The third-order valence-electron chi connectivity index (χ3n) is 4.03. The van der Waals surface area contributed by atoms with E-state index in [0.717, 1.165) is 10.4 Å². The third-order valence-corrected chi connectivity index (χ3v) is 6.65. The van der Waals surface area contributed by atoms with E-state index in [-0.39, 0.29) is 12.4 Å². The molecule has 0 saturated carbocycles. The molecule has 2 aromatic carbocycles. The molecule has 0 bridgehead atoms. The van der Waals surface area contributed by atoms with Gasteiger partial charge in [-0.25, -0.2) is 26.5 Å². The van der Waals surface area contributed by atoms with E-state index in [4.69, 9.17) is 21.1 Å². The predicted molar refractivity (Wildman–Crippen MR) is 106 cm³/mol. The Morgan fingerprint density at radius 2 is 1.90 bits per heavy atom. The van der Waals surface area contributed by atoms with Crippen molar-refractivity contribution in [1.29, 1.82) is 0 Å². The maximum absolute atomic E-state index is 14.3. The summed E-state index contributed by atoms with van der Waals surface area (Å²) in [5.41, 5.74) is 1.93. The van der Waals surface area contributed by atoms with E-state index >= 15 is 0 Å². The van der Waals surface area contributed by atoms with Crippen LogP contribution in [0.4, 0.5) is 14.6 Å². The van der Waals surface area contributed by atoms with Gasteiger partial charge >= 0.3 is 0 Å². The summed E-state index contributed by atoms with van der Waals surface area (Å²) in [6.45, 7) is -0.215. The van der Waals surface area contributed by atoms with E-state index in [2.05, 4.69) is 4.98 Å². The number of rotatable bonds is 7. The van der Waals surface area contributed by atoms with Crippen LogP contribution < -0.4 is 13.8 Å². The minimum Gasteiger partial charge on any atom is -0.497 e. The van der Waals surface area contributed by atoms with Crippen LogP contribution in [0.25, 0.3) is 0 Å². The highest BCUT2D eigenvalue weighted by atomic mass is 35.5. The van der Waals surface area contributed by atoms with Crippen molar-refractivity contribution in [2.24, 2.45) is 0 Å². The number of aromatic nitrogens is 1. The fourth-order valence-corrected chi connectivity index (χ4v) is 4.88. The predicted octanol–water partition coefficient (Wildman–Crippen LogP) is 4.49. The fraction of sp³-hybridized carbons (Fsp3) is 0.167. The van der Waals surface area contributed by atoms with Gasteiger partial charge < -0.3 is 9.47 Å². The molecule has 0 amide bonds. The van der Waals surface area contributed by atoms with Crippen molar-refractivity contribution in [3.63, 3.8) is 0 Å². The Bertz CT molecular complexity index is 1130. The van der Waals surface area contributed by atoms with Crippen molar-refractivity contribution in [3.05, 3.63) is 63.4 Å². The minimum atomic E-state index is -4.47. The van der Waals surface area contributed by atoms with Crippen LogP contribution in [0.3, 0.4) is 0 Å². The van der Waals surface area contributed by atoms with Gasteiger partial charge in [-0.3, -0.25) is 0 Å². The third kappa shape index (κ3) is 4.29. The monoisotopic (exact) mass is 460 g/mol. The van der Waals surface area contributed by atoms with E-state index < -0.39 is 31.6 Å². The molecule has 0 saturated heterocycles. The number of methoxy groups -OCH3 is 2. The molecule has 0 radical (unpaired) electrons. The van der Waals surface area contributed by atoms with Crippen LogP contribution in [0.1, 0.15) is 5.56 Å². The van der Waals surface area contributed by atoms with Crippen molar-refractivity contribution in [1.82, 2.24) is 4.98 Å². The maximum Gasteiger partial charge on any atom is 0.268 e. The van der Waals surface area contributed by atoms with Gasteiger partial charge in [0.1, 0.15) is 28.0 Å². The quantitative estimate of drug-likeness (QED) is 0.486. The molecule has 0 fully saturated rings. The first kappa shape index (κ1) is 21.3. The molecule has 0 spiro atoms.